The van der Waals surface area contributed by atoms with Gasteiger partial charge in [0.25, 0.3) is 0 Å². The fourth-order valence-corrected chi connectivity index (χ4v) is 2.53. The Bertz CT molecular complexity index is 726. The molecular weight excluding hydrogens is 326 g/mol. The molecule has 0 unspecified atom stereocenters. The van der Waals surface area contributed by atoms with E-state index in [-0.39, 0.29) is 0 Å². The highest BCUT2D eigenvalue weighted by Crippen LogP contribution is 2.27. The normalized spacial score (nSPS) is 13.8. The van der Waals surface area contributed by atoms with Crippen molar-refractivity contribution in [1.29, 1.82) is 0 Å². The van der Waals surface area contributed by atoms with Gasteiger partial charge < -0.3 is 5.32 Å². The lowest BCUT2D eigenvalue weighted by Crippen LogP contribution is -2.18. The van der Waals surface area contributed by atoms with Gasteiger partial charge in [-0.25, -0.2) is 0 Å². The highest BCUT2D eigenvalue weighted by Gasteiger charge is 2.14. The summed E-state index contributed by atoms with van der Waals surface area (Å²) < 4.78 is 0. The minimum Gasteiger partial charge on any atom is -0.359 e. The first-order valence-electron chi connectivity index (χ1n) is 9.93. The van der Waals surface area contributed by atoms with Gasteiger partial charge in [0.1, 0.15) is 0 Å². The van der Waals surface area contributed by atoms with Gasteiger partial charge in [-0.1, -0.05) is 83.3 Å². The summed E-state index contributed by atoms with van der Waals surface area (Å²) in [5, 5.41) is 3.25. The molecule has 1 aromatic rings. The number of benzene rings is 1. The first-order valence-corrected chi connectivity index (χ1v) is 9.93. The van der Waals surface area contributed by atoms with Gasteiger partial charge in [0.05, 0.1) is 0 Å². The molecule has 1 nitrogen and oxygen atoms in total. The van der Waals surface area contributed by atoms with E-state index in [9.17, 15) is 0 Å². The maximum Gasteiger partial charge on any atom is 0.0461 e. The van der Waals surface area contributed by atoms with E-state index in [1.807, 2.05) is 46.8 Å². The smallest absolute Gasteiger partial charge is 0.0461 e. The van der Waals surface area contributed by atoms with Crippen molar-refractivity contribution in [3.05, 3.63) is 102 Å². The molecule has 2 aliphatic carbocycles. The second-order valence-corrected chi connectivity index (χ2v) is 5.85. The molecule has 1 aromatic carbocycles. The molecule has 0 aliphatic heterocycles. The van der Waals surface area contributed by atoms with Gasteiger partial charge in [0, 0.05) is 11.4 Å². The van der Waals surface area contributed by atoms with E-state index >= 15 is 0 Å². The Morgan fingerprint density at radius 1 is 1.11 bits per heavy atom. The fourth-order valence-electron chi connectivity index (χ4n) is 2.53. The van der Waals surface area contributed by atoms with Crippen molar-refractivity contribution in [2.75, 3.05) is 0 Å². The minimum absolute atomic E-state index is 0.888. The van der Waals surface area contributed by atoms with Gasteiger partial charge in [-0.3, -0.25) is 0 Å². The molecule has 0 spiro atoms. The van der Waals surface area contributed by atoms with E-state index in [1.54, 1.807) is 0 Å². The Morgan fingerprint density at radius 2 is 1.74 bits per heavy atom. The van der Waals surface area contributed by atoms with Gasteiger partial charge >= 0.3 is 0 Å². The minimum atomic E-state index is 0.888. The van der Waals surface area contributed by atoms with Gasteiger partial charge in [-0.2, -0.15) is 0 Å². The number of nitrogens with one attached hydrogen (secondary N) is 1. The number of allylic oxidation sites excluding steroid dienone is 7. The average molecular weight is 364 g/mol. The molecule has 0 heterocycles. The van der Waals surface area contributed by atoms with Crippen molar-refractivity contribution >= 4 is 5.57 Å². The van der Waals surface area contributed by atoms with E-state index in [0.717, 1.165) is 35.4 Å². The highest BCUT2D eigenvalue weighted by atomic mass is 14.9. The lowest BCUT2D eigenvalue weighted by atomic mass is 9.94. The molecule has 0 aromatic heterocycles. The summed E-state index contributed by atoms with van der Waals surface area (Å²) in [4.78, 5) is 0. The third-order valence-corrected chi connectivity index (χ3v) is 4.02. The topological polar surface area (TPSA) is 12.0 Å². The molecule has 0 bridgehead atoms. The van der Waals surface area contributed by atoms with Gasteiger partial charge in [0.2, 0.25) is 0 Å². The summed E-state index contributed by atoms with van der Waals surface area (Å²) >= 11 is 0. The lowest BCUT2D eigenvalue weighted by molar-refractivity contribution is 0.948. The Hall–Kier alpha value is -2.54. The predicted molar refractivity (Wildman–Crippen MR) is 125 cm³/mol. The Balaban J connectivity index is 0.000000430. The predicted octanol–water partition coefficient (Wildman–Crippen LogP) is 7.76. The number of fused-ring (bicyclic) bond motifs is 1. The molecule has 0 fully saturated rings. The number of rotatable bonds is 4. The molecule has 0 atom stereocenters. The summed E-state index contributed by atoms with van der Waals surface area (Å²) in [5.74, 6) is 0. The summed E-state index contributed by atoms with van der Waals surface area (Å²) in [7, 11) is 0. The summed E-state index contributed by atoms with van der Waals surface area (Å²) in [5.41, 5.74) is 8.55. The van der Waals surface area contributed by atoms with Gasteiger partial charge in [-0.05, 0) is 60.6 Å². The van der Waals surface area contributed by atoms with E-state index in [0.29, 0.717) is 0 Å². The van der Waals surface area contributed by atoms with Crippen LogP contribution in [0.2, 0.25) is 0 Å². The number of hydrogen-bond donors (Lipinski definition) is 1. The van der Waals surface area contributed by atoms with Crippen molar-refractivity contribution in [3.63, 3.8) is 0 Å². The maximum absolute atomic E-state index is 3.88. The van der Waals surface area contributed by atoms with E-state index in [2.05, 4.69) is 68.4 Å². The third kappa shape index (κ3) is 7.70. The van der Waals surface area contributed by atoms with Crippen LogP contribution in [0.25, 0.3) is 5.57 Å². The first kappa shape index (κ1) is 24.5. The van der Waals surface area contributed by atoms with Crippen LogP contribution < -0.4 is 5.32 Å². The van der Waals surface area contributed by atoms with Gasteiger partial charge in [-0.15, -0.1) is 6.58 Å². The van der Waals surface area contributed by atoms with Crippen LogP contribution in [0.1, 0.15) is 59.1 Å². The largest absolute Gasteiger partial charge is 0.359 e. The monoisotopic (exact) mass is 363 g/mol. The standard InChI is InChI=1S/C12H15N.C10H10.2C2H6/c1-5-6-7-10(3)13-12-8-9(2)11(12)4;1-8-6-7-9-4-2-3-5-10(8)9;2*1-2/h5,7-8,13H,1-2,4,6H2,3H3;2-6H,7H2,1H3;2*1-2H3/b10-7+;;;. The average Bonchev–Trinajstić information content (AvgIpc) is 3.10. The molecule has 3 rings (SSSR count). The lowest BCUT2D eigenvalue weighted by Gasteiger charge is -2.22. The molecule has 0 amide bonds. The second-order valence-electron chi connectivity index (χ2n) is 5.85. The van der Waals surface area contributed by atoms with Crippen LogP contribution in [0.5, 0.6) is 0 Å². The molecule has 0 saturated heterocycles. The zero-order valence-corrected chi connectivity index (χ0v) is 18.2. The molecule has 2 aliphatic rings. The van der Waals surface area contributed by atoms with Crippen LogP contribution >= 0.6 is 0 Å². The van der Waals surface area contributed by atoms with Crippen molar-refractivity contribution in [2.45, 2.75) is 54.4 Å². The zero-order chi connectivity index (χ0) is 20.8. The van der Waals surface area contributed by atoms with Crippen molar-refractivity contribution < 1.29 is 0 Å². The summed E-state index contributed by atoms with van der Waals surface area (Å²) in [6.45, 7) is 23.5. The van der Waals surface area contributed by atoms with E-state index in [1.165, 1.54) is 16.7 Å². The van der Waals surface area contributed by atoms with Crippen LogP contribution in [-0.2, 0) is 6.42 Å². The van der Waals surface area contributed by atoms with Crippen molar-refractivity contribution in [1.82, 2.24) is 5.32 Å². The van der Waals surface area contributed by atoms with Crippen LogP contribution in [0.4, 0.5) is 0 Å². The molecule has 27 heavy (non-hydrogen) atoms. The van der Waals surface area contributed by atoms with Crippen LogP contribution in [-0.4, -0.2) is 0 Å². The van der Waals surface area contributed by atoms with Crippen LogP contribution in [0, 0.1) is 0 Å². The number of hydrogen-bond acceptors (Lipinski definition) is 1. The highest BCUT2D eigenvalue weighted by molar-refractivity contribution is 5.71. The molecule has 0 radical (unpaired) electrons. The Kier molecular flexibility index (Phi) is 12.4. The zero-order valence-electron chi connectivity index (χ0n) is 18.2. The molecule has 146 valence electrons. The van der Waals surface area contributed by atoms with Crippen molar-refractivity contribution in [2.24, 2.45) is 0 Å². The molecule has 1 heteroatoms. The molecule has 0 saturated carbocycles. The SMILES string of the molecule is C=CC/C=C(\C)NC1=CC(=C)C1=C.CC.CC.CC1=CCc2ccccc21. The summed E-state index contributed by atoms with van der Waals surface area (Å²) in [6.07, 6.45) is 10.2. The quantitative estimate of drug-likeness (QED) is 0.539. The third-order valence-electron chi connectivity index (χ3n) is 4.02. The van der Waals surface area contributed by atoms with Crippen LogP contribution in [0.3, 0.4) is 0 Å². The van der Waals surface area contributed by atoms with Crippen LogP contribution in [0.15, 0.2) is 90.8 Å². The maximum atomic E-state index is 3.88. The van der Waals surface area contributed by atoms with Crippen molar-refractivity contribution in [3.8, 4) is 0 Å². The Morgan fingerprint density at radius 3 is 2.26 bits per heavy atom. The molecular formula is C26H37N. The fraction of sp³-hybridized carbons (Fsp3) is 0.308. The van der Waals surface area contributed by atoms with Gasteiger partial charge in [0.15, 0.2) is 0 Å². The second kappa shape index (κ2) is 13.6. The first-order chi connectivity index (χ1) is 13.0. The molecule has 1 N–H and O–H groups in total. The van der Waals surface area contributed by atoms with E-state index < -0.39 is 0 Å². The Labute approximate surface area is 167 Å². The summed E-state index contributed by atoms with van der Waals surface area (Å²) in [6, 6.07) is 8.59. The van der Waals surface area contributed by atoms with E-state index in [4.69, 9.17) is 0 Å².